The van der Waals surface area contributed by atoms with Gasteiger partial charge in [-0.15, -0.1) is 0 Å². The number of aromatic nitrogens is 1. The molecule has 160 valence electrons. The maximum absolute atomic E-state index is 12.8. The average Bonchev–Trinajstić information content (AvgIpc) is 2.74. The number of hydrogen-bond acceptors (Lipinski definition) is 7. The molecule has 3 aromatic rings. The van der Waals surface area contributed by atoms with Crippen LogP contribution in [0.25, 0.3) is 11.0 Å². The van der Waals surface area contributed by atoms with Gasteiger partial charge in [0, 0.05) is 55.1 Å². The number of nitrogens with zero attached hydrogens (tertiary/aromatic N) is 3. The van der Waals surface area contributed by atoms with Crippen LogP contribution in [0.15, 0.2) is 49.7 Å². The van der Waals surface area contributed by atoms with E-state index in [1.807, 2.05) is 19.1 Å². The van der Waals surface area contributed by atoms with E-state index < -0.39 is 16.6 Å². The fraction of sp³-hybridized carbons (Fsp3) is 0.238. The number of hydrogen-bond donors (Lipinski definition) is 1. The Hall–Kier alpha value is -2.60. The number of pyridine rings is 1. The molecule has 3 heterocycles. The van der Waals surface area contributed by atoms with Crippen LogP contribution in [-0.2, 0) is 17.4 Å². The highest BCUT2D eigenvalue weighted by Crippen LogP contribution is 2.27. The van der Waals surface area contributed by atoms with Gasteiger partial charge >= 0.3 is 11.6 Å². The summed E-state index contributed by atoms with van der Waals surface area (Å²) in [6.07, 6.45) is 6.10. The van der Waals surface area contributed by atoms with Crippen molar-refractivity contribution in [3.63, 3.8) is 0 Å². The lowest BCUT2D eigenvalue weighted by atomic mass is 10.00. The first-order chi connectivity index (χ1) is 14.9. The van der Waals surface area contributed by atoms with E-state index >= 15 is 0 Å². The van der Waals surface area contributed by atoms with Gasteiger partial charge in [-0.2, -0.15) is 0 Å². The molecule has 2 aromatic heterocycles. The van der Waals surface area contributed by atoms with E-state index in [2.05, 4.69) is 42.3 Å². The smallest absolute Gasteiger partial charge is 0.340 e. The lowest BCUT2D eigenvalue weighted by molar-refractivity contribution is 0.526. The normalized spacial score (nSPS) is 14.4. The summed E-state index contributed by atoms with van der Waals surface area (Å²) in [4.78, 5) is 25.3. The largest absolute Gasteiger partial charge is 0.424 e. The quantitative estimate of drug-likeness (QED) is 0.386. The molecular weight excluding hydrogens is 531 g/mol. The Balaban J connectivity index is 1.68. The first-order valence-electron chi connectivity index (χ1n) is 9.47. The van der Waals surface area contributed by atoms with Crippen molar-refractivity contribution in [3.8, 4) is 5.75 Å². The number of halogens is 1. The van der Waals surface area contributed by atoms with Gasteiger partial charge in [-0.05, 0) is 58.8 Å². The van der Waals surface area contributed by atoms with Gasteiger partial charge in [0.05, 0.1) is 3.57 Å². The third-order valence-electron chi connectivity index (χ3n) is 4.75. The molecule has 0 amide bonds. The van der Waals surface area contributed by atoms with E-state index in [9.17, 15) is 9.00 Å². The second kappa shape index (κ2) is 9.27. The number of nitrogens with one attached hydrogen (secondary N) is 1. The van der Waals surface area contributed by atoms with E-state index in [0.29, 0.717) is 41.7 Å². The molecule has 10 heteroatoms. The topological polar surface area (TPSA) is 106 Å². The molecule has 0 bridgehead atoms. The molecule has 31 heavy (non-hydrogen) atoms. The summed E-state index contributed by atoms with van der Waals surface area (Å²) >= 11 is 2.14. The molecule has 0 fully saturated rings. The average molecular weight is 550 g/mol. The maximum Gasteiger partial charge on any atom is 0.340 e. The summed E-state index contributed by atoms with van der Waals surface area (Å²) in [5, 5.41) is 0.827. The van der Waals surface area contributed by atoms with Crippen molar-refractivity contribution in [2.24, 2.45) is 9.98 Å². The van der Waals surface area contributed by atoms with Gasteiger partial charge in [-0.25, -0.2) is 24.0 Å². The standard InChI is InChI=1S/C21H19IN4O4S/c1-12-15-5-4-14(29-21-24-7-3-8-25-21)11-17(15)30-20(27)16(12)10-13-6-9-23-19(18(13)22)26-31(2)28/h4-7,9,11H,3,8,10H2,1-2H3,(H,23,26). The summed E-state index contributed by atoms with van der Waals surface area (Å²) in [5.41, 5.74) is 2.34. The van der Waals surface area contributed by atoms with E-state index in [1.54, 1.807) is 24.5 Å². The first kappa shape index (κ1) is 21.6. The Morgan fingerprint density at radius 1 is 1.32 bits per heavy atom. The molecule has 1 unspecified atom stereocenters. The summed E-state index contributed by atoms with van der Waals surface area (Å²) in [6, 6.07) is 7.49. The number of amidine groups is 1. The highest BCUT2D eigenvalue weighted by atomic mass is 127. The summed E-state index contributed by atoms with van der Waals surface area (Å²) in [6.45, 7) is 2.54. The Bertz CT molecular complexity index is 1300. The van der Waals surface area contributed by atoms with Crippen molar-refractivity contribution >= 4 is 62.6 Å². The van der Waals surface area contributed by atoms with Crippen LogP contribution in [0.4, 0.5) is 5.82 Å². The number of anilines is 1. The van der Waals surface area contributed by atoms with Crippen LogP contribution < -0.4 is 15.1 Å². The number of benzene rings is 1. The fourth-order valence-corrected chi connectivity index (χ4v) is 4.48. The van der Waals surface area contributed by atoms with Gasteiger partial charge in [0.25, 0.3) is 0 Å². The number of rotatable bonds is 5. The first-order valence-corrected chi connectivity index (χ1v) is 12.1. The second-order valence-corrected chi connectivity index (χ2v) is 9.07. The van der Waals surface area contributed by atoms with Gasteiger partial charge in [-0.3, -0.25) is 4.72 Å². The molecule has 8 nitrogen and oxygen atoms in total. The zero-order valence-electron chi connectivity index (χ0n) is 16.8. The Morgan fingerprint density at radius 2 is 2.16 bits per heavy atom. The summed E-state index contributed by atoms with van der Waals surface area (Å²) in [5.74, 6) is 1.03. The van der Waals surface area contributed by atoms with Crippen LogP contribution in [-0.4, -0.2) is 34.2 Å². The molecular formula is C21H19IN4O4S. The predicted molar refractivity (Wildman–Crippen MR) is 131 cm³/mol. The summed E-state index contributed by atoms with van der Waals surface area (Å²) < 4.78 is 26.4. The van der Waals surface area contributed by atoms with Crippen LogP contribution in [0.3, 0.4) is 0 Å². The molecule has 1 atom stereocenters. The van der Waals surface area contributed by atoms with E-state index in [4.69, 9.17) is 9.15 Å². The van der Waals surface area contributed by atoms with E-state index in [1.165, 1.54) is 6.26 Å². The molecule has 1 aliphatic heterocycles. The third kappa shape index (κ3) is 4.85. The molecule has 1 N–H and O–H groups in total. The number of fused-ring (bicyclic) bond motifs is 1. The Morgan fingerprint density at radius 3 is 2.90 bits per heavy atom. The molecule has 0 saturated carbocycles. The number of aryl methyl sites for hydroxylation is 1. The minimum Gasteiger partial charge on any atom is -0.424 e. The van der Waals surface area contributed by atoms with Crippen LogP contribution in [0.5, 0.6) is 5.75 Å². The predicted octanol–water partition coefficient (Wildman–Crippen LogP) is 3.61. The molecule has 0 radical (unpaired) electrons. The zero-order chi connectivity index (χ0) is 22.0. The minimum absolute atomic E-state index is 0.297. The lowest BCUT2D eigenvalue weighted by Gasteiger charge is -2.12. The maximum atomic E-state index is 12.8. The van der Waals surface area contributed by atoms with Crippen LogP contribution in [0.2, 0.25) is 0 Å². The SMILES string of the molecule is Cc1c(Cc2ccnc(NS(C)=O)c2I)c(=O)oc2cc(OC3=NCCC=N3)ccc12. The Kier molecular flexibility index (Phi) is 6.46. The highest BCUT2D eigenvalue weighted by Gasteiger charge is 2.16. The van der Waals surface area contributed by atoms with Crippen molar-refractivity contribution in [2.45, 2.75) is 19.8 Å². The van der Waals surface area contributed by atoms with E-state index in [0.717, 1.165) is 26.5 Å². The molecule has 0 spiro atoms. The minimum atomic E-state index is -1.24. The second-order valence-electron chi connectivity index (χ2n) is 6.88. The zero-order valence-corrected chi connectivity index (χ0v) is 19.8. The highest BCUT2D eigenvalue weighted by molar-refractivity contribution is 14.1. The molecule has 1 aliphatic rings. The lowest BCUT2D eigenvalue weighted by Crippen LogP contribution is -2.13. The van der Waals surface area contributed by atoms with Crippen molar-refractivity contribution in [1.82, 2.24) is 4.98 Å². The van der Waals surface area contributed by atoms with Gasteiger partial charge in [0.15, 0.2) is 5.82 Å². The molecule has 4 rings (SSSR count). The molecule has 1 aromatic carbocycles. The van der Waals surface area contributed by atoms with Crippen molar-refractivity contribution < 1.29 is 13.4 Å². The number of aliphatic imine (C=N–C) groups is 2. The van der Waals surface area contributed by atoms with E-state index in [-0.39, 0.29) is 0 Å². The Labute approximate surface area is 194 Å². The van der Waals surface area contributed by atoms with Gasteiger partial charge in [-0.1, -0.05) is 0 Å². The van der Waals surface area contributed by atoms with Gasteiger partial charge in [0.1, 0.15) is 22.3 Å². The molecule has 0 saturated heterocycles. The fourth-order valence-electron chi connectivity index (χ4n) is 3.23. The number of ether oxygens (including phenoxy) is 1. The van der Waals surface area contributed by atoms with Crippen molar-refractivity contribution in [3.05, 3.63) is 61.1 Å². The molecule has 0 aliphatic carbocycles. The van der Waals surface area contributed by atoms with Crippen molar-refractivity contribution in [2.75, 3.05) is 17.5 Å². The van der Waals surface area contributed by atoms with Gasteiger partial charge < -0.3 is 9.15 Å². The van der Waals surface area contributed by atoms with Crippen LogP contribution in [0.1, 0.15) is 23.1 Å². The third-order valence-corrected chi connectivity index (χ3v) is 6.44. The van der Waals surface area contributed by atoms with Crippen molar-refractivity contribution in [1.29, 1.82) is 0 Å². The monoisotopic (exact) mass is 550 g/mol. The summed E-state index contributed by atoms with van der Waals surface area (Å²) in [7, 11) is -1.24. The van der Waals surface area contributed by atoms with Crippen LogP contribution >= 0.6 is 22.6 Å². The van der Waals surface area contributed by atoms with Gasteiger partial charge in [0.2, 0.25) is 0 Å². The van der Waals surface area contributed by atoms with Crippen LogP contribution in [0, 0.1) is 10.5 Å².